The first kappa shape index (κ1) is 3.56. The van der Waals surface area contributed by atoms with Gasteiger partial charge in [0.05, 0.1) is 4.11 Å². The molecule has 0 fully saturated rings. The molecule has 1 rings (SSSR count). The van der Waals surface area contributed by atoms with Crippen molar-refractivity contribution >= 4 is 21.6 Å². The number of pyridine rings is 1. The number of nitrogens with one attached hydrogen (secondary N) is 1. The van der Waals surface area contributed by atoms with Crippen molar-refractivity contribution in [3.8, 4) is 0 Å². The van der Waals surface area contributed by atoms with Crippen molar-refractivity contribution in [2.45, 2.75) is 0 Å². The first-order chi connectivity index (χ1) is 5.57. The Morgan fingerprint density at radius 1 is 1.89 bits per heavy atom. The van der Waals surface area contributed by atoms with E-state index in [1.54, 1.807) is 7.05 Å². The zero-order valence-corrected chi connectivity index (χ0v) is 6.41. The first-order valence-corrected chi connectivity index (χ1v) is 3.18. The Bertz CT molecular complexity index is 290. The minimum Gasteiger partial charge on any atom is -0.388 e. The minimum atomic E-state index is -0.137. The maximum absolute atomic E-state index is 7.46. The monoisotopic (exact) mass is 189 g/mol. The van der Waals surface area contributed by atoms with Gasteiger partial charge in [0.25, 0.3) is 0 Å². The molecule has 1 heterocycles. The molecule has 0 aliphatic rings. The maximum Gasteiger partial charge on any atom is 0.108 e. The van der Waals surface area contributed by atoms with E-state index in [0.29, 0.717) is 5.69 Å². The summed E-state index contributed by atoms with van der Waals surface area (Å²) in [5.41, 5.74) is 0.321. The van der Waals surface area contributed by atoms with Crippen molar-refractivity contribution in [1.82, 2.24) is 4.98 Å². The highest BCUT2D eigenvalue weighted by atomic mass is 79.9. The largest absolute Gasteiger partial charge is 0.388 e. The minimum absolute atomic E-state index is 0.0503. The van der Waals surface area contributed by atoms with Crippen LogP contribution >= 0.6 is 15.9 Å². The highest BCUT2D eigenvalue weighted by molar-refractivity contribution is 9.10. The number of rotatable bonds is 1. The molecular weight excluding hydrogens is 180 g/mol. The molecule has 2 nitrogen and oxygen atoms in total. The van der Waals surface area contributed by atoms with Crippen molar-refractivity contribution in [2.75, 3.05) is 12.4 Å². The molecule has 0 aromatic carbocycles. The summed E-state index contributed by atoms with van der Waals surface area (Å²) in [5.74, 6) is 0. The Hall–Kier alpha value is -0.570. The van der Waals surface area contributed by atoms with Gasteiger partial charge in [0.2, 0.25) is 0 Å². The Morgan fingerprint density at radius 2 is 2.67 bits per heavy atom. The summed E-state index contributed by atoms with van der Waals surface area (Å²) in [4.78, 5) is 3.65. The molecule has 0 unspecified atom stereocenters. The van der Waals surface area contributed by atoms with Gasteiger partial charge in [0.1, 0.15) is 4.60 Å². The van der Waals surface area contributed by atoms with Crippen molar-refractivity contribution in [3.63, 3.8) is 0 Å². The van der Waals surface area contributed by atoms with Crippen LogP contribution in [-0.2, 0) is 0 Å². The Balaban J connectivity index is 3.42. The van der Waals surface area contributed by atoms with Crippen LogP contribution in [-0.4, -0.2) is 12.0 Å². The molecule has 0 radical (unpaired) electrons. The molecular formula is C6H7BrN2. The predicted octanol–water partition coefficient (Wildman–Crippen LogP) is 1.89. The molecule has 3 heteroatoms. The lowest BCUT2D eigenvalue weighted by Gasteiger charge is -1.96. The van der Waals surface area contributed by atoms with Crippen LogP contribution in [0, 0.1) is 0 Å². The second-order valence-electron chi connectivity index (χ2n) is 1.39. The fourth-order valence-corrected chi connectivity index (χ4v) is 0.707. The third-order valence-corrected chi connectivity index (χ3v) is 1.19. The van der Waals surface area contributed by atoms with Crippen molar-refractivity contribution < 1.29 is 4.11 Å². The van der Waals surface area contributed by atoms with E-state index < -0.39 is 0 Å². The van der Waals surface area contributed by atoms with Crippen LogP contribution in [0.4, 0.5) is 5.69 Å². The van der Waals surface area contributed by atoms with E-state index in [0.717, 1.165) is 0 Å². The Kier molecular flexibility index (Phi) is 1.12. The van der Waals surface area contributed by atoms with Gasteiger partial charge in [-0.1, -0.05) is 0 Å². The van der Waals surface area contributed by atoms with Crippen LogP contribution < -0.4 is 5.32 Å². The number of aromatic nitrogens is 1. The number of hydrogen-bond donors (Lipinski definition) is 1. The SMILES string of the molecule is [2H]c1nc(Br)c([2H])c(NC)c1[2H]. The fraction of sp³-hybridized carbons (Fsp3) is 0.167. The van der Waals surface area contributed by atoms with Crippen molar-refractivity contribution in [3.05, 3.63) is 22.9 Å². The quantitative estimate of drug-likeness (QED) is 0.684. The zero-order valence-electron chi connectivity index (χ0n) is 7.83. The molecule has 0 aliphatic heterocycles. The summed E-state index contributed by atoms with van der Waals surface area (Å²) in [7, 11) is 1.61. The van der Waals surface area contributed by atoms with Gasteiger partial charge in [-0.2, -0.15) is 0 Å². The van der Waals surface area contributed by atoms with Crippen LogP contribution in [0.2, 0.25) is 0 Å². The highest BCUT2D eigenvalue weighted by Gasteiger charge is 1.87. The molecule has 48 valence electrons. The van der Waals surface area contributed by atoms with Gasteiger partial charge in [-0.15, -0.1) is 0 Å². The van der Waals surface area contributed by atoms with Crippen LogP contribution in [0.15, 0.2) is 22.9 Å². The molecule has 0 saturated heterocycles. The predicted molar refractivity (Wildman–Crippen MR) is 41.5 cm³/mol. The summed E-state index contributed by atoms with van der Waals surface area (Å²) < 4.78 is 22.4. The van der Waals surface area contributed by atoms with Crippen LogP contribution in [0.3, 0.4) is 0 Å². The molecule has 0 spiro atoms. The van der Waals surface area contributed by atoms with Gasteiger partial charge in [0.15, 0.2) is 0 Å². The van der Waals surface area contributed by atoms with Crippen LogP contribution in [0.25, 0.3) is 0 Å². The van der Waals surface area contributed by atoms with Gasteiger partial charge in [0, 0.05) is 18.9 Å². The lowest BCUT2D eigenvalue weighted by Crippen LogP contribution is -1.87. The lowest BCUT2D eigenvalue weighted by molar-refractivity contribution is 1.27. The summed E-state index contributed by atoms with van der Waals surface area (Å²) in [6, 6.07) is 0.0594. The Labute approximate surface area is 66.6 Å². The van der Waals surface area contributed by atoms with Crippen LogP contribution in [0.1, 0.15) is 4.11 Å². The third kappa shape index (κ3) is 1.68. The third-order valence-electron chi connectivity index (χ3n) is 0.813. The molecule has 0 amide bonds. The van der Waals surface area contributed by atoms with Crippen molar-refractivity contribution in [1.29, 1.82) is 0 Å². The van der Waals surface area contributed by atoms with E-state index in [-0.39, 0.29) is 22.9 Å². The Morgan fingerprint density at radius 3 is 3.33 bits per heavy atom. The van der Waals surface area contributed by atoms with Crippen LogP contribution in [0.5, 0.6) is 0 Å². The number of halogens is 1. The summed E-state index contributed by atoms with van der Waals surface area (Å²) in [6.07, 6.45) is -0.137. The first-order valence-electron chi connectivity index (χ1n) is 3.89. The van der Waals surface area contributed by atoms with Gasteiger partial charge in [-0.25, -0.2) is 4.98 Å². The summed E-state index contributed by atoms with van der Waals surface area (Å²) >= 11 is 3.03. The van der Waals surface area contributed by atoms with Gasteiger partial charge in [-0.3, -0.25) is 0 Å². The van der Waals surface area contributed by atoms with E-state index in [4.69, 9.17) is 4.11 Å². The van der Waals surface area contributed by atoms with E-state index in [2.05, 4.69) is 26.2 Å². The van der Waals surface area contributed by atoms with Gasteiger partial charge in [-0.05, 0) is 28.0 Å². The molecule has 0 aliphatic carbocycles. The van der Waals surface area contributed by atoms with Gasteiger partial charge >= 0.3 is 0 Å². The number of nitrogens with zero attached hydrogens (tertiary/aromatic N) is 1. The molecule has 0 bridgehead atoms. The molecule has 0 atom stereocenters. The molecule has 1 aromatic heterocycles. The average Bonchev–Trinajstić information content (AvgIpc) is 2.02. The second-order valence-corrected chi connectivity index (χ2v) is 2.14. The zero-order chi connectivity index (χ0) is 9.30. The number of anilines is 1. The standard InChI is InChI=1S/C6H7BrN2/c1-8-5-2-3-9-6(7)4-5/h2-4H,1H3,(H,8,9)/i2D,3D,4D. The molecule has 1 aromatic rings. The van der Waals surface area contributed by atoms with Gasteiger partial charge < -0.3 is 5.32 Å². The summed E-state index contributed by atoms with van der Waals surface area (Å²) in [6.45, 7) is 0. The van der Waals surface area contributed by atoms with E-state index in [9.17, 15) is 0 Å². The molecule has 9 heavy (non-hydrogen) atoms. The number of hydrogen-bond acceptors (Lipinski definition) is 2. The van der Waals surface area contributed by atoms with E-state index in [1.165, 1.54) is 0 Å². The smallest absolute Gasteiger partial charge is 0.108 e. The van der Waals surface area contributed by atoms with E-state index >= 15 is 0 Å². The highest BCUT2D eigenvalue weighted by Crippen LogP contribution is 2.10. The maximum atomic E-state index is 7.46. The average molecular weight is 190 g/mol. The molecule has 0 saturated carbocycles. The fourth-order valence-electron chi connectivity index (χ4n) is 0.420. The van der Waals surface area contributed by atoms with E-state index in [1.807, 2.05) is 0 Å². The lowest BCUT2D eigenvalue weighted by atomic mass is 10.4. The molecule has 1 N–H and O–H groups in total. The second kappa shape index (κ2) is 2.82. The topological polar surface area (TPSA) is 24.9 Å². The van der Waals surface area contributed by atoms with Crippen molar-refractivity contribution in [2.24, 2.45) is 0 Å². The summed E-state index contributed by atoms with van der Waals surface area (Å²) in [5, 5.41) is 2.68. The normalized spacial score (nSPS) is 13.8.